The molecule has 0 aromatic heterocycles. The van der Waals surface area contributed by atoms with Crippen molar-refractivity contribution in [3.05, 3.63) is 65.7 Å². The van der Waals surface area contributed by atoms with E-state index in [2.05, 4.69) is 5.32 Å². The second-order valence-corrected chi connectivity index (χ2v) is 6.37. The Morgan fingerprint density at radius 2 is 1.74 bits per heavy atom. The molecule has 0 aliphatic carbocycles. The van der Waals surface area contributed by atoms with Crippen LogP contribution in [-0.4, -0.2) is 50.1 Å². The third-order valence-corrected chi connectivity index (χ3v) is 4.53. The Balaban J connectivity index is 1.72. The van der Waals surface area contributed by atoms with Crippen molar-refractivity contribution in [2.75, 3.05) is 33.4 Å². The second kappa shape index (κ2) is 9.19. The molecule has 6 nitrogen and oxygen atoms in total. The molecule has 1 aliphatic rings. The minimum absolute atomic E-state index is 0.104. The number of carbonyl (C=O) groups is 2. The summed E-state index contributed by atoms with van der Waals surface area (Å²) in [6, 6.07) is 16.0. The maximum absolute atomic E-state index is 13.0. The van der Waals surface area contributed by atoms with Crippen LogP contribution in [0.3, 0.4) is 0 Å². The average molecular weight is 368 g/mol. The van der Waals surface area contributed by atoms with Gasteiger partial charge in [-0.2, -0.15) is 0 Å². The zero-order chi connectivity index (χ0) is 19.1. The van der Waals surface area contributed by atoms with Gasteiger partial charge in [0.15, 0.2) is 0 Å². The molecule has 3 rings (SSSR count). The van der Waals surface area contributed by atoms with Gasteiger partial charge in [-0.3, -0.25) is 9.59 Å². The quantitative estimate of drug-likeness (QED) is 0.846. The SMILES string of the molecule is COc1ccc(CC(=O)N[C@@H](C(=O)N2CCOCC2)c2ccccc2)cc1. The van der Waals surface area contributed by atoms with E-state index in [1.807, 2.05) is 54.6 Å². The predicted octanol–water partition coefficient (Wildman–Crippen LogP) is 1.95. The van der Waals surface area contributed by atoms with E-state index in [4.69, 9.17) is 9.47 Å². The number of benzene rings is 2. The van der Waals surface area contributed by atoms with Gasteiger partial charge in [-0.05, 0) is 23.3 Å². The maximum atomic E-state index is 13.0. The highest BCUT2D eigenvalue weighted by atomic mass is 16.5. The molecule has 0 radical (unpaired) electrons. The molecule has 1 fully saturated rings. The molecule has 0 spiro atoms. The van der Waals surface area contributed by atoms with Gasteiger partial charge < -0.3 is 19.7 Å². The Kier molecular flexibility index (Phi) is 6.44. The molecule has 6 heteroatoms. The Hall–Kier alpha value is -2.86. The minimum atomic E-state index is -0.699. The smallest absolute Gasteiger partial charge is 0.249 e. The fourth-order valence-electron chi connectivity index (χ4n) is 3.04. The standard InChI is InChI=1S/C21H24N2O4/c1-26-18-9-7-16(8-10-18)15-19(24)22-20(17-5-3-2-4-6-17)21(25)23-11-13-27-14-12-23/h2-10,20H,11-15H2,1H3,(H,22,24)/t20-/m1/s1. The highest BCUT2D eigenvalue weighted by Crippen LogP contribution is 2.18. The number of ether oxygens (including phenoxy) is 2. The lowest BCUT2D eigenvalue weighted by atomic mass is 10.0. The number of morpholine rings is 1. The molecule has 2 aromatic rings. The summed E-state index contributed by atoms with van der Waals surface area (Å²) in [6.07, 6.45) is 0.198. The van der Waals surface area contributed by atoms with Crippen molar-refractivity contribution in [1.82, 2.24) is 10.2 Å². The van der Waals surface area contributed by atoms with Crippen LogP contribution in [0.2, 0.25) is 0 Å². The van der Waals surface area contributed by atoms with Crippen LogP contribution in [0.15, 0.2) is 54.6 Å². The normalized spacial score (nSPS) is 15.1. The van der Waals surface area contributed by atoms with Gasteiger partial charge in [0, 0.05) is 13.1 Å². The Morgan fingerprint density at radius 3 is 2.37 bits per heavy atom. The molecule has 0 bridgehead atoms. The van der Waals surface area contributed by atoms with Gasteiger partial charge >= 0.3 is 0 Å². The molecule has 1 aliphatic heterocycles. The van der Waals surface area contributed by atoms with Crippen molar-refractivity contribution in [2.24, 2.45) is 0 Å². The maximum Gasteiger partial charge on any atom is 0.249 e. The number of nitrogens with zero attached hydrogens (tertiary/aromatic N) is 1. The molecular formula is C21H24N2O4. The summed E-state index contributed by atoms with van der Waals surface area (Å²) in [6.45, 7) is 2.12. The van der Waals surface area contributed by atoms with E-state index in [0.29, 0.717) is 26.3 Å². The summed E-state index contributed by atoms with van der Waals surface area (Å²) in [4.78, 5) is 27.4. The van der Waals surface area contributed by atoms with Crippen molar-refractivity contribution in [1.29, 1.82) is 0 Å². The van der Waals surface area contributed by atoms with Gasteiger partial charge in [0.2, 0.25) is 11.8 Å². The van der Waals surface area contributed by atoms with Gasteiger partial charge in [0.05, 0.1) is 26.7 Å². The lowest BCUT2D eigenvalue weighted by Gasteiger charge is -2.31. The lowest BCUT2D eigenvalue weighted by molar-refractivity contribution is -0.140. The molecule has 27 heavy (non-hydrogen) atoms. The van der Waals surface area contributed by atoms with Crippen LogP contribution in [0.5, 0.6) is 5.75 Å². The molecule has 1 N–H and O–H groups in total. The van der Waals surface area contributed by atoms with Crippen LogP contribution in [0.25, 0.3) is 0 Å². The van der Waals surface area contributed by atoms with E-state index in [9.17, 15) is 9.59 Å². The Labute approximate surface area is 159 Å². The topological polar surface area (TPSA) is 67.9 Å². The fourth-order valence-corrected chi connectivity index (χ4v) is 3.04. The van der Waals surface area contributed by atoms with Gasteiger partial charge in [0.1, 0.15) is 11.8 Å². The van der Waals surface area contributed by atoms with Crippen molar-refractivity contribution in [3.8, 4) is 5.75 Å². The van der Waals surface area contributed by atoms with Crippen molar-refractivity contribution >= 4 is 11.8 Å². The number of hydrogen-bond donors (Lipinski definition) is 1. The third kappa shape index (κ3) is 5.08. The molecule has 142 valence electrons. The summed E-state index contributed by atoms with van der Waals surface area (Å²) in [5, 5.41) is 2.91. The Bertz CT molecular complexity index is 756. The summed E-state index contributed by atoms with van der Waals surface area (Å²) in [5.41, 5.74) is 1.64. The zero-order valence-corrected chi connectivity index (χ0v) is 15.4. The number of methoxy groups -OCH3 is 1. The van der Waals surface area contributed by atoms with Crippen LogP contribution in [-0.2, 0) is 20.7 Å². The van der Waals surface area contributed by atoms with E-state index in [0.717, 1.165) is 16.9 Å². The number of hydrogen-bond acceptors (Lipinski definition) is 4. The van der Waals surface area contributed by atoms with E-state index < -0.39 is 6.04 Å². The van der Waals surface area contributed by atoms with E-state index in [-0.39, 0.29) is 18.2 Å². The Morgan fingerprint density at radius 1 is 1.07 bits per heavy atom. The first-order valence-corrected chi connectivity index (χ1v) is 9.01. The molecule has 2 aromatic carbocycles. The minimum Gasteiger partial charge on any atom is -0.497 e. The van der Waals surface area contributed by atoms with Gasteiger partial charge in [-0.1, -0.05) is 42.5 Å². The monoisotopic (exact) mass is 368 g/mol. The van der Waals surface area contributed by atoms with Gasteiger partial charge in [-0.25, -0.2) is 0 Å². The van der Waals surface area contributed by atoms with E-state index >= 15 is 0 Å². The summed E-state index contributed by atoms with van der Waals surface area (Å²) < 4.78 is 10.5. The number of carbonyl (C=O) groups excluding carboxylic acids is 2. The molecule has 1 atom stereocenters. The van der Waals surface area contributed by atoms with Crippen LogP contribution < -0.4 is 10.1 Å². The van der Waals surface area contributed by atoms with Crippen molar-refractivity contribution in [2.45, 2.75) is 12.5 Å². The molecule has 0 saturated carbocycles. The zero-order valence-electron chi connectivity index (χ0n) is 15.4. The average Bonchev–Trinajstić information content (AvgIpc) is 2.73. The number of rotatable bonds is 6. The van der Waals surface area contributed by atoms with Crippen LogP contribution in [0.4, 0.5) is 0 Å². The highest BCUT2D eigenvalue weighted by molar-refractivity contribution is 5.89. The van der Waals surface area contributed by atoms with E-state index in [1.165, 1.54) is 0 Å². The number of amides is 2. The fraction of sp³-hybridized carbons (Fsp3) is 0.333. The highest BCUT2D eigenvalue weighted by Gasteiger charge is 2.28. The first kappa shape index (κ1) is 18.9. The van der Waals surface area contributed by atoms with Crippen molar-refractivity contribution in [3.63, 3.8) is 0 Å². The van der Waals surface area contributed by atoms with Crippen LogP contribution in [0.1, 0.15) is 17.2 Å². The van der Waals surface area contributed by atoms with Crippen molar-refractivity contribution < 1.29 is 19.1 Å². The summed E-state index contributed by atoms with van der Waals surface area (Å²) in [7, 11) is 1.60. The summed E-state index contributed by atoms with van der Waals surface area (Å²) in [5.74, 6) is 0.437. The number of nitrogens with one attached hydrogen (secondary N) is 1. The van der Waals surface area contributed by atoms with Crippen LogP contribution >= 0.6 is 0 Å². The second-order valence-electron chi connectivity index (χ2n) is 6.37. The molecule has 1 heterocycles. The first-order chi connectivity index (χ1) is 13.2. The van der Waals surface area contributed by atoms with E-state index in [1.54, 1.807) is 12.0 Å². The van der Waals surface area contributed by atoms with Crippen LogP contribution in [0, 0.1) is 0 Å². The van der Waals surface area contributed by atoms with Gasteiger partial charge in [0.25, 0.3) is 0 Å². The third-order valence-electron chi connectivity index (χ3n) is 4.53. The lowest BCUT2D eigenvalue weighted by Crippen LogP contribution is -2.47. The molecule has 1 saturated heterocycles. The largest absolute Gasteiger partial charge is 0.497 e. The first-order valence-electron chi connectivity index (χ1n) is 9.01. The van der Waals surface area contributed by atoms with Gasteiger partial charge in [-0.15, -0.1) is 0 Å². The molecule has 0 unspecified atom stereocenters. The molecule has 2 amide bonds. The predicted molar refractivity (Wildman–Crippen MR) is 101 cm³/mol. The molecular weight excluding hydrogens is 344 g/mol. The summed E-state index contributed by atoms with van der Waals surface area (Å²) >= 11 is 0.